The maximum Gasteiger partial charge on any atom is 0.270 e. The Labute approximate surface area is 157 Å². The highest BCUT2D eigenvalue weighted by molar-refractivity contribution is 7.13. The molecule has 26 heavy (non-hydrogen) atoms. The molecule has 1 atom stereocenters. The second-order valence-electron chi connectivity index (χ2n) is 6.55. The number of para-hydroxylation sites is 1. The van der Waals surface area contributed by atoms with E-state index in [4.69, 9.17) is 0 Å². The monoisotopic (exact) mass is 363 g/mol. The van der Waals surface area contributed by atoms with Crippen molar-refractivity contribution in [1.29, 1.82) is 0 Å². The molecule has 1 aliphatic rings. The lowest BCUT2D eigenvalue weighted by atomic mass is 10.1. The van der Waals surface area contributed by atoms with E-state index >= 15 is 0 Å². The van der Waals surface area contributed by atoms with E-state index in [0.29, 0.717) is 18.2 Å². The highest BCUT2D eigenvalue weighted by Gasteiger charge is 2.23. The molecule has 2 heterocycles. The summed E-state index contributed by atoms with van der Waals surface area (Å²) >= 11 is 1.51. The lowest BCUT2D eigenvalue weighted by Crippen LogP contribution is -2.31. The van der Waals surface area contributed by atoms with Crippen molar-refractivity contribution in [2.75, 3.05) is 24.5 Å². The lowest BCUT2D eigenvalue weighted by Gasteiger charge is -2.18. The Bertz CT molecular complexity index is 863. The number of aromatic nitrogens is 1. The van der Waals surface area contributed by atoms with Gasteiger partial charge >= 0.3 is 0 Å². The van der Waals surface area contributed by atoms with E-state index in [1.165, 1.54) is 17.0 Å². The number of anilines is 1. The Kier molecular flexibility index (Phi) is 4.97. The fourth-order valence-electron chi connectivity index (χ4n) is 3.29. The van der Waals surface area contributed by atoms with Crippen molar-refractivity contribution in [3.05, 3.63) is 71.7 Å². The number of hydrogen-bond donors (Lipinski definition) is 1. The van der Waals surface area contributed by atoms with Gasteiger partial charge < -0.3 is 10.2 Å². The third-order valence-corrected chi connectivity index (χ3v) is 5.61. The molecule has 1 N–H and O–H groups in total. The lowest BCUT2D eigenvalue weighted by molar-refractivity contribution is 0.0944. The highest BCUT2D eigenvalue weighted by atomic mass is 32.1. The van der Waals surface area contributed by atoms with Crippen LogP contribution in [0.25, 0.3) is 10.6 Å². The van der Waals surface area contributed by atoms with Crippen molar-refractivity contribution >= 4 is 22.9 Å². The maximum atomic E-state index is 12.4. The van der Waals surface area contributed by atoms with Crippen LogP contribution in [0.2, 0.25) is 0 Å². The van der Waals surface area contributed by atoms with Crippen LogP contribution in [0.1, 0.15) is 16.9 Å². The second kappa shape index (κ2) is 7.70. The molecule has 132 valence electrons. The van der Waals surface area contributed by atoms with Gasteiger partial charge in [0.2, 0.25) is 0 Å². The van der Waals surface area contributed by atoms with Gasteiger partial charge in [-0.2, -0.15) is 0 Å². The number of hydrogen-bond acceptors (Lipinski definition) is 4. The average Bonchev–Trinajstić information content (AvgIpc) is 3.37. The summed E-state index contributed by atoms with van der Waals surface area (Å²) in [5, 5.41) is 5.77. The Hall–Kier alpha value is -2.66. The number of benzene rings is 2. The van der Waals surface area contributed by atoms with Crippen LogP contribution in [0, 0.1) is 5.92 Å². The number of nitrogens with one attached hydrogen (secondary N) is 1. The zero-order valence-corrected chi connectivity index (χ0v) is 15.3. The van der Waals surface area contributed by atoms with E-state index < -0.39 is 0 Å². The molecule has 1 aliphatic heterocycles. The van der Waals surface area contributed by atoms with E-state index in [2.05, 4.69) is 39.5 Å². The van der Waals surface area contributed by atoms with Gasteiger partial charge in [0.25, 0.3) is 5.91 Å². The van der Waals surface area contributed by atoms with E-state index in [1.807, 2.05) is 41.8 Å². The van der Waals surface area contributed by atoms with Gasteiger partial charge in [-0.25, -0.2) is 4.98 Å². The summed E-state index contributed by atoms with van der Waals surface area (Å²) in [6.07, 6.45) is 1.10. The van der Waals surface area contributed by atoms with Crippen LogP contribution in [0.4, 0.5) is 5.69 Å². The molecular weight excluding hydrogens is 342 g/mol. The molecular formula is C21H21N3OS. The van der Waals surface area contributed by atoms with Crippen LogP contribution < -0.4 is 10.2 Å². The molecule has 4 rings (SSSR count). The fraction of sp³-hybridized carbons (Fsp3) is 0.238. The van der Waals surface area contributed by atoms with Crippen LogP contribution in [0.5, 0.6) is 0 Å². The number of carbonyl (C=O) groups is 1. The van der Waals surface area contributed by atoms with Crippen LogP contribution in [0.3, 0.4) is 0 Å². The van der Waals surface area contributed by atoms with Gasteiger partial charge in [-0.05, 0) is 24.5 Å². The predicted molar refractivity (Wildman–Crippen MR) is 107 cm³/mol. The van der Waals surface area contributed by atoms with Crippen LogP contribution >= 0.6 is 11.3 Å². The van der Waals surface area contributed by atoms with Crippen LogP contribution in [-0.4, -0.2) is 30.5 Å². The third kappa shape index (κ3) is 3.78. The van der Waals surface area contributed by atoms with Crippen LogP contribution in [-0.2, 0) is 0 Å². The van der Waals surface area contributed by atoms with Gasteiger partial charge in [0.05, 0.1) is 0 Å². The predicted octanol–water partition coefficient (Wildman–Crippen LogP) is 4.07. The molecule has 5 heteroatoms. The molecule has 2 aromatic carbocycles. The van der Waals surface area contributed by atoms with E-state index in [-0.39, 0.29) is 5.91 Å². The zero-order valence-electron chi connectivity index (χ0n) is 14.5. The topological polar surface area (TPSA) is 45.2 Å². The second-order valence-corrected chi connectivity index (χ2v) is 7.41. The number of rotatable bonds is 5. The van der Waals surface area contributed by atoms with Gasteiger partial charge in [0.15, 0.2) is 0 Å². The molecule has 0 bridgehead atoms. The van der Waals surface area contributed by atoms with Crippen molar-refractivity contribution in [3.63, 3.8) is 0 Å². The first-order chi connectivity index (χ1) is 12.8. The summed E-state index contributed by atoms with van der Waals surface area (Å²) in [5.41, 5.74) is 2.81. The fourth-order valence-corrected chi connectivity index (χ4v) is 4.10. The molecule has 1 unspecified atom stereocenters. The SMILES string of the molecule is O=C(NCC1CCN(c2ccccc2)C1)c1csc(-c2ccccc2)n1. The van der Waals surface area contributed by atoms with Crippen molar-refractivity contribution in [3.8, 4) is 10.6 Å². The standard InChI is InChI=1S/C21H21N3OS/c25-20(19-15-26-21(23-19)17-7-3-1-4-8-17)22-13-16-11-12-24(14-16)18-9-5-2-6-10-18/h1-10,15-16H,11-14H2,(H,22,25). The number of thiazole rings is 1. The quantitative estimate of drug-likeness (QED) is 0.743. The van der Waals surface area contributed by atoms with Crippen molar-refractivity contribution in [2.45, 2.75) is 6.42 Å². The first kappa shape index (κ1) is 16.8. The van der Waals surface area contributed by atoms with Gasteiger partial charge in [0.1, 0.15) is 10.7 Å². The third-order valence-electron chi connectivity index (χ3n) is 4.72. The summed E-state index contributed by atoms with van der Waals surface area (Å²) in [4.78, 5) is 19.3. The largest absolute Gasteiger partial charge is 0.371 e. The Morgan fingerprint density at radius 2 is 1.85 bits per heavy atom. The minimum atomic E-state index is -0.0819. The Balaban J connectivity index is 1.32. The van der Waals surface area contributed by atoms with Crippen LogP contribution in [0.15, 0.2) is 66.0 Å². The van der Waals surface area contributed by atoms with Crippen molar-refractivity contribution in [1.82, 2.24) is 10.3 Å². The zero-order chi connectivity index (χ0) is 17.8. The van der Waals surface area contributed by atoms with Gasteiger partial charge in [-0.15, -0.1) is 11.3 Å². The molecule has 1 amide bonds. The minimum Gasteiger partial charge on any atom is -0.371 e. The number of carbonyl (C=O) groups excluding carboxylic acids is 1. The molecule has 4 nitrogen and oxygen atoms in total. The van der Waals surface area contributed by atoms with Crippen molar-refractivity contribution < 1.29 is 4.79 Å². The van der Waals surface area contributed by atoms with Gasteiger partial charge in [0, 0.05) is 36.3 Å². The molecule has 3 aromatic rings. The molecule has 1 aromatic heterocycles. The first-order valence-corrected chi connectivity index (χ1v) is 9.77. The molecule has 0 radical (unpaired) electrons. The van der Waals surface area contributed by atoms with Crippen molar-refractivity contribution in [2.24, 2.45) is 5.92 Å². The van der Waals surface area contributed by atoms with Gasteiger partial charge in [-0.3, -0.25) is 4.79 Å². The van der Waals surface area contributed by atoms with E-state index in [0.717, 1.165) is 30.1 Å². The summed E-state index contributed by atoms with van der Waals surface area (Å²) in [6, 6.07) is 20.4. The number of amides is 1. The summed E-state index contributed by atoms with van der Waals surface area (Å²) in [6.45, 7) is 2.72. The Morgan fingerprint density at radius 3 is 2.62 bits per heavy atom. The smallest absolute Gasteiger partial charge is 0.270 e. The summed E-state index contributed by atoms with van der Waals surface area (Å²) in [5.74, 6) is 0.396. The Morgan fingerprint density at radius 1 is 1.12 bits per heavy atom. The maximum absolute atomic E-state index is 12.4. The highest BCUT2D eigenvalue weighted by Crippen LogP contribution is 2.24. The molecule has 0 aliphatic carbocycles. The summed E-state index contributed by atoms with van der Waals surface area (Å²) < 4.78 is 0. The van der Waals surface area contributed by atoms with E-state index in [1.54, 1.807) is 0 Å². The van der Waals surface area contributed by atoms with Gasteiger partial charge in [-0.1, -0.05) is 48.5 Å². The molecule has 0 saturated carbocycles. The molecule has 0 spiro atoms. The minimum absolute atomic E-state index is 0.0819. The van der Waals surface area contributed by atoms with E-state index in [9.17, 15) is 4.79 Å². The first-order valence-electron chi connectivity index (χ1n) is 8.89. The number of nitrogens with zero attached hydrogens (tertiary/aromatic N) is 2. The molecule has 1 fully saturated rings. The summed E-state index contributed by atoms with van der Waals surface area (Å²) in [7, 11) is 0. The average molecular weight is 363 g/mol. The molecule has 1 saturated heterocycles. The normalized spacial score (nSPS) is 16.6.